The molecule has 0 saturated heterocycles. The maximum atomic E-state index is 12.0. The first-order valence-corrected chi connectivity index (χ1v) is 8.54. The SMILES string of the molecule is COCCNC(=O)c1ccc(NCC(=O)Nc2ccc(C)cc2)cc1Cl. The lowest BCUT2D eigenvalue weighted by Crippen LogP contribution is -2.27. The summed E-state index contributed by atoms with van der Waals surface area (Å²) in [5.41, 5.74) is 2.89. The zero-order chi connectivity index (χ0) is 18.9. The molecule has 2 rings (SSSR count). The Bertz CT molecular complexity index is 763. The number of halogens is 1. The first-order valence-electron chi connectivity index (χ1n) is 8.16. The normalized spacial score (nSPS) is 10.3. The van der Waals surface area contributed by atoms with Crippen molar-refractivity contribution in [3.63, 3.8) is 0 Å². The number of hydrogen-bond acceptors (Lipinski definition) is 4. The molecule has 138 valence electrons. The van der Waals surface area contributed by atoms with Gasteiger partial charge in [-0.15, -0.1) is 0 Å². The molecule has 0 radical (unpaired) electrons. The summed E-state index contributed by atoms with van der Waals surface area (Å²) < 4.78 is 4.88. The molecule has 7 heteroatoms. The van der Waals surface area contributed by atoms with Crippen molar-refractivity contribution < 1.29 is 14.3 Å². The Morgan fingerprint density at radius 2 is 1.77 bits per heavy atom. The van der Waals surface area contributed by atoms with Crippen molar-refractivity contribution in [1.82, 2.24) is 5.32 Å². The minimum Gasteiger partial charge on any atom is -0.383 e. The van der Waals surface area contributed by atoms with Crippen LogP contribution in [0.1, 0.15) is 15.9 Å². The molecule has 0 unspecified atom stereocenters. The molecule has 3 N–H and O–H groups in total. The smallest absolute Gasteiger partial charge is 0.252 e. The van der Waals surface area contributed by atoms with Gasteiger partial charge in [0.05, 0.1) is 23.7 Å². The number of carbonyl (C=O) groups is 2. The number of aryl methyl sites for hydroxylation is 1. The van der Waals surface area contributed by atoms with Gasteiger partial charge in [-0.25, -0.2) is 0 Å². The summed E-state index contributed by atoms with van der Waals surface area (Å²) in [5, 5.41) is 8.81. The van der Waals surface area contributed by atoms with Gasteiger partial charge in [0.2, 0.25) is 5.91 Å². The second-order valence-electron chi connectivity index (χ2n) is 5.71. The summed E-state index contributed by atoms with van der Waals surface area (Å²) >= 11 is 6.16. The van der Waals surface area contributed by atoms with Crippen LogP contribution in [0.5, 0.6) is 0 Å². The van der Waals surface area contributed by atoms with Gasteiger partial charge in [0.25, 0.3) is 5.91 Å². The third kappa shape index (κ3) is 6.06. The quantitative estimate of drug-likeness (QED) is 0.619. The van der Waals surface area contributed by atoms with E-state index < -0.39 is 0 Å². The van der Waals surface area contributed by atoms with Crippen molar-refractivity contribution in [2.45, 2.75) is 6.92 Å². The predicted octanol–water partition coefficient (Wildman–Crippen LogP) is 3.08. The Balaban J connectivity index is 1.87. The van der Waals surface area contributed by atoms with Crippen LogP contribution in [0.2, 0.25) is 5.02 Å². The highest BCUT2D eigenvalue weighted by molar-refractivity contribution is 6.34. The molecule has 0 heterocycles. The zero-order valence-corrected chi connectivity index (χ0v) is 15.5. The van der Waals surface area contributed by atoms with E-state index >= 15 is 0 Å². The summed E-state index contributed by atoms with van der Waals surface area (Å²) in [6, 6.07) is 12.5. The van der Waals surface area contributed by atoms with Crippen LogP contribution in [0.3, 0.4) is 0 Å². The molecule has 0 fully saturated rings. The fraction of sp³-hybridized carbons (Fsp3) is 0.263. The summed E-state index contributed by atoms with van der Waals surface area (Å²) in [4.78, 5) is 24.0. The Hall–Kier alpha value is -2.57. The molecule has 0 aromatic heterocycles. The van der Waals surface area contributed by atoms with Gasteiger partial charge in [-0.2, -0.15) is 0 Å². The molecule has 2 amide bonds. The van der Waals surface area contributed by atoms with Crippen LogP contribution >= 0.6 is 11.6 Å². The number of benzene rings is 2. The van der Waals surface area contributed by atoms with Crippen LogP contribution in [0.4, 0.5) is 11.4 Å². The Morgan fingerprint density at radius 1 is 1.08 bits per heavy atom. The molecule has 0 aliphatic rings. The summed E-state index contributed by atoms with van der Waals surface area (Å²) in [7, 11) is 1.56. The van der Waals surface area contributed by atoms with Crippen molar-refractivity contribution in [3.8, 4) is 0 Å². The average Bonchev–Trinajstić information content (AvgIpc) is 2.62. The van der Waals surface area contributed by atoms with Gasteiger partial charge < -0.3 is 20.7 Å². The van der Waals surface area contributed by atoms with Crippen molar-refractivity contribution in [2.24, 2.45) is 0 Å². The Kier molecular flexibility index (Phi) is 7.44. The lowest BCUT2D eigenvalue weighted by Gasteiger charge is -2.10. The van der Waals surface area contributed by atoms with Crippen LogP contribution in [0.15, 0.2) is 42.5 Å². The second kappa shape index (κ2) is 9.79. The van der Waals surface area contributed by atoms with E-state index in [0.29, 0.717) is 29.4 Å². The number of rotatable bonds is 8. The number of ether oxygens (including phenoxy) is 1. The largest absolute Gasteiger partial charge is 0.383 e. The van der Waals surface area contributed by atoms with Crippen LogP contribution < -0.4 is 16.0 Å². The Labute approximate surface area is 157 Å². The third-order valence-corrected chi connectivity index (χ3v) is 3.91. The minimum absolute atomic E-state index is 0.0869. The van der Waals surface area contributed by atoms with E-state index in [9.17, 15) is 9.59 Å². The number of anilines is 2. The molecule has 26 heavy (non-hydrogen) atoms. The van der Waals surface area contributed by atoms with Crippen LogP contribution in [-0.4, -0.2) is 38.6 Å². The molecule has 2 aromatic rings. The topological polar surface area (TPSA) is 79.5 Å². The first-order chi connectivity index (χ1) is 12.5. The molecule has 0 atom stereocenters. The van der Waals surface area contributed by atoms with E-state index in [0.717, 1.165) is 11.3 Å². The third-order valence-electron chi connectivity index (χ3n) is 3.59. The van der Waals surface area contributed by atoms with Gasteiger partial charge in [0, 0.05) is 25.0 Å². The molecule has 0 aliphatic carbocycles. The average molecular weight is 376 g/mol. The number of carbonyl (C=O) groups excluding carboxylic acids is 2. The van der Waals surface area contributed by atoms with E-state index in [1.54, 1.807) is 25.3 Å². The van der Waals surface area contributed by atoms with E-state index in [1.807, 2.05) is 31.2 Å². The Morgan fingerprint density at radius 3 is 2.42 bits per heavy atom. The fourth-order valence-electron chi connectivity index (χ4n) is 2.20. The van der Waals surface area contributed by atoms with Gasteiger partial charge >= 0.3 is 0 Å². The highest BCUT2D eigenvalue weighted by Gasteiger charge is 2.11. The van der Waals surface area contributed by atoms with Gasteiger partial charge in [0.1, 0.15) is 0 Å². The lowest BCUT2D eigenvalue weighted by atomic mass is 10.2. The summed E-state index contributed by atoms with van der Waals surface area (Å²) in [6.45, 7) is 2.91. The highest BCUT2D eigenvalue weighted by Crippen LogP contribution is 2.21. The lowest BCUT2D eigenvalue weighted by molar-refractivity contribution is -0.114. The molecular formula is C19H22ClN3O3. The molecular weight excluding hydrogens is 354 g/mol. The zero-order valence-electron chi connectivity index (χ0n) is 14.8. The second-order valence-corrected chi connectivity index (χ2v) is 6.12. The minimum atomic E-state index is -0.268. The molecule has 0 saturated carbocycles. The molecule has 2 aromatic carbocycles. The summed E-state index contributed by atoms with van der Waals surface area (Å²) in [5.74, 6) is -0.443. The van der Waals surface area contributed by atoms with E-state index in [2.05, 4.69) is 16.0 Å². The van der Waals surface area contributed by atoms with E-state index in [1.165, 1.54) is 0 Å². The highest BCUT2D eigenvalue weighted by atomic mass is 35.5. The molecule has 0 spiro atoms. The predicted molar refractivity (Wildman–Crippen MR) is 104 cm³/mol. The van der Waals surface area contributed by atoms with Crippen molar-refractivity contribution >= 4 is 34.8 Å². The van der Waals surface area contributed by atoms with Gasteiger partial charge in [0.15, 0.2) is 0 Å². The van der Waals surface area contributed by atoms with Crippen molar-refractivity contribution in [3.05, 3.63) is 58.6 Å². The maximum Gasteiger partial charge on any atom is 0.252 e. The van der Waals surface area contributed by atoms with Crippen molar-refractivity contribution in [2.75, 3.05) is 37.4 Å². The number of hydrogen-bond donors (Lipinski definition) is 3. The van der Waals surface area contributed by atoms with Gasteiger partial charge in [-0.3, -0.25) is 9.59 Å². The standard InChI is InChI=1S/C19H22ClN3O3/c1-13-3-5-14(6-4-13)23-18(24)12-22-15-7-8-16(17(20)11-15)19(25)21-9-10-26-2/h3-8,11,22H,9-10,12H2,1-2H3,(H,21,25)(H,23,24). The van der Waals surface area contributed by atoms with Gasteiger partial charge in [-0.1, -0.05) is 29.3 Å². The van der Waals surface area contributed by atoms with E-state index in [4.69, 9.17) is 16.3 Å². The van der Waals surface area contributed by atoms with Crippen LogP contribution in [0, 0.1) is 6.92 Å². The fourth-order valence-corrected chi connectivity index (χ4v) is 2.46. The van der Waals surface area contributed by atoms with Crippen LogP contribution in [-0.2, 0) is 9.53 Å². The molecule has 6 nitrogen and oxygen atoms in total. The first kappa shape index (κ1) is 19.8. The number of nitrogens with one attached hydrogen (secondary N) is 3. The summed E-state index contributed by atoms with van der Waals surface area (Å²) in [6.07, 6.45) is 0. The maximum absolute atomic E-state index is 12.0. The number of amides is 2. The van der Waals surface area contributed by atoms with E-state index in [-0.39, 0.29) is 18.4 Å². The molecule has 0 aliphatic heterocycles. The number of methoxy groups -OCH3 is 1. The molecule has 0 bridgehead atoms. The van der Waals surface area contributed by atoms with Crippen LogP contribution in [0.25, 0.3) is 0 Å². The van der Waals surface area contributed by atoms with Gasteiger partial charge in [-0.05, 0) is 37.3 Å². The van der Waals surface area contributed by atoms with Crippen molar-refractivity contribution in [1.29, 1.82) is 0 Å². The monoisotopic (exact) mass is 375 g/mol.